The van der Waals surface area contributed by atoms with E-state index in [0.29, 0.717) is 22.9 Å². The minimum atomic E-state index is -0.639. The van der Waals surface area contributed by atoms with E-state index in [1.807, 2.05) is 18.5 Å². The van der Waals surface area contributed by atoms with Crippen LogP contribution in [0.15, 0.2) is 22.7 Å². The molecule has 0 aliphatic rings. The second-order valence-electron chi connectivity index (χ2n) is 4.81. The first-order chi connectivity index (χ1) is 9.93. The molecule has 114 valence electrons. The van der Waals surface area contributed by atoms with Gasteiger partial charge in [0.2, 0.25) is 0 Å². The highest BCUT2D eigenvalue weighted by Gasteiger charge is 2.15. The molecule has 1 heterocycles. The van der Waals surface area contributed by atoms with Gasteiger partial charge in [0, 0.05) is 17.1 Å². The van der Waals surface area contributed by atoms with E-state index >= 15 is 0 Å². The summed E-state index contributed by atoms with van der Waals surface area (Å²) in [6, 6.07) is 5.25. The minimum absolute atomic E-state index is 0.372. The zero-order chi connectivity index (χ0) is 15.6. The quantitative estimate of drug-likeness (QED) is 0.852. The number of ether oxygens (including phenoxy) is 1. The average molecular weight is 374 g/mol. The van der Waals surface area contributed by atoms with Crippen LogP contribution in [0.5, 0.6) is 5.75 Å². The summed E-state index contributed by atoms with van der Waals surface area (Å²) in [6.45, 7) is 6.82. The lowest BCUT2D eigenvalue weighted by molar-refractivity contribution is 0.189. The molecular weight excluding hydrogens is 356 g/mol. The average Bonchev–Trinajstić information content (AvgIpc) is 2.72. The molecule has 0 radical (unpaired) electrons. The van der Waals surface area contributed by atoms with Crippen molar-refractivity contribution in [1.29, 1.82) is 0 Å². The van der Waals surface area contributed by atoms with Gasteiger partial charge in [-0.25, -0.2) is 0 Å². The van der Waals surface area contributed by atoms with E-state index in [1.54, 1.807) is 25.1 Å². The first-order valence-corrected chi connectivity index (χ1v) is 7.93. The summed E-state index contributed by atoms with van der Waals surface area (Å²) in [5, 5.41) is 14.8. The third kappa shape index (κ3) is 3.59. The van der Waals surface area contributed by atoms with Gasteiger partial charge >= 0.3 is 0 Å². The number of nitrogens with zero attached hydrogens (tertiary/aromatic N) is 2. The Morgan fingerprint density at radius 1 is 1.48 bits per heavy atom. The van der Waals surface area contributed by atoms with E-state index in [1.165, 1.54) is 0 Å². The maximum absolute atomic E-state index is 9.82. The van der Waals surface area contributed by atoms with Crippen molar-refractivity contribution in [3.63, 3.8) is 0 Å². The molecule has 0 aliphatic heterocycles. The number of aryl methyl sites for hydroxylation is 2. The summed E-state index contributed by atoms with van der Waals surface area (Å²) in [6.07, 6.45) is -0.639. The molecular formula is C15H18BrClN2O2. The molecule has 4 nitrogen and oxygen atoms in total. The van der Waals surface area contributed by atoms with E-state index in [2.05, 4.69) is 21.0 Å². The van der Waals surface area contributed by atoms with Crippen molar-refractivity contribution in [2.45, 2.75) is 40.0 Å². The first kappa shape index (κ1) is 16.3. The highest BCUT2D eigenvalue weighted by Crippen LogP contribution is 2.30. The second kappa shape index (κ2) is 6.81. The van der Waals surface area contributed by atoms with Gasteiger partial charge in [-0.15, -0.1) is 0 Å². The van der Waals surface area contributed by atoms with Crippen molar-refractivity contribution in [3.8, 4) is 5.75 Å². The highest BCUT2D eigenvalue weighted by molar-refractivity contribution is 9.10. The number of aliphatic hydroxyl groups is 1. The molecule has 6 heteroatoms. The van der Waals surface area contributed by atoms with Crippen LogP contribution in [0.1, 0.15) is 36.9 Å². The molecule has 2 aromatic rings. The van der Waals surface area contributed by atoms with E-state index in [-0.39, 0.29) is 0 Å². The summed E-state index contributed by atoms with van der Waals surface area (Å²) in [4.78, 5) is 0. The van der Waals surface area contributed by atoms with Gasteiger partial charge in [-0.3, -0.25) is 4.68 Å². The van der Waals surface area contributed by atoms with E-state index in [0.717, 1.165) is 22.4 Å². The largest absolute Gasteiger partial charge is 0.487 e. The molecule has 0 amide bonds. The summed E-state index contributed by atoms with van der Waals surface area (Å²) in [5.74, 6) is 0.628. The zero-order valence-corrected chi connectivity index (χ0v) is 14.6. The summed E-state index contributed by atoms with van der Waals surface area (Å²) >= 11 is 9.51. The smallest absolute Gasteiger partial charge is 0.131 e. The van der Waals surface area contributed by atoms with E-state index in [4.69, 9.17) is 16.3 Å². The number of aliphatic hydroxyl groups excluding tert-OH is 1. The van der Waals surface area contributed by atoms with Crippen molar-refractivity contribution in [2.75, 3.05) is 0 Å². The Labute approximate surface area is 137 Å². The normalized spacial score (nSPS) is 12.5. The van der Waals surface area contributed by atoms with Crippen LogP contribution in [0.2, 0.25) is 5.02 Å². The number of aromatic nitrogens is 2. The van der Waals surface area contributed by atoms with Crippen LogP contribution < -0.4 is 4.74 Å². The molecule has 1 N–H and O–H groups in total. The molecule has 0 fully saturated rings. The van der Waals surface area contributed by atoms with Crippen molar-refractivity contribution in [3.05, 3.63) is 44.6 Å². The summed E-state index contributed by atoms with van der Waals surface area (Å²) in [7, 11) is 0. The predicted molar refractivity (Wildman–Crippen MR) is 86.8 cm³/mol. The summed E-state index contributed by atoms with van der Waals surface area (Å²) < 4.78 is 8.72. The van der Waals surface area contributed by atoms with Gasteiger partial charge in [-0.2, -0.15) is 5.10 Å². The predicted octanol–water partition coefficient (Wildman–Crippen LogP) is 4.26. The van der Waals surface area contributed by atoms with Crippen molar-refractivity contribution >= 4 is 27.5 Å². The van der Waals surface area contributed by atoms with E-state index in [9.17, 15) is 5.11 Å². The monoisotopic (exact) mass is 372 g/mol. The molecule has 1 unspecified atom stereocenters. The van der Waals surface area contributed by atoms with Gasteiger partial charge in [0.15, 0.2) is 0 Å². The van der Waals surface area contributed by atoms with Crippen LogP contribution in [0.3, 0.4) is 0 Å². The third-order valence-electron chi connectivity index (χ3n) is 3.24. The van der Waals surface area contributed by atoms with Gasteiger partial charge in [0.05, 0.1) is 22.0 Å². The molecule has 0 saturated heterocycles. The molecule has 21 heavy (non-hydrogen) atoms. The fourth-order valence-electron chi connectivity index (χ4n) is 2.13. The molecule has 0 saturated carbocycles. The molecule has 1 aromatic heterocycles. The Morgan fingerprint density at radius 2 is 2.19 bits per heavy atom. The maximum atomic E-state index is 9.82. The van der Waals surface area contributed by atoms with Crippen LogP contribution in [-0.2, 0) is 13.2 Å². The Balaban J connectivity index is 2.25. The SMILES string of the molecule is CCn1nc(C)c(Br)c1COc1ccc(Cl)cc1C(C)O. The van der Waals surface area contributed by atoms with Crippen LogP contribution in [0, 0.1) is 6.92 Å². The Kier molecular flexibility index (Phi) is 5.30. The second-order valence-corrected chi connectivity index (χ2v) is 6.04. The first-order valence-electron chi connectivity index (χ1n) is 6.76. The molecule has 1 aromatic carbocycles. The summed E-state index contributed by atoms with van der Waals surface area (Å²) in [5.41, 5.74) is 2.58. The van der Waals surface area contributed by atoms with Crippen molar-refractivity contribution < 1.29 is 9.84 Å². The fourth-order valence-corrected chi connectivity index (χ4v) is 2.71. The molecule has 1 atom stereocenters. The highest BCUT2D eigenvalue weighted by atomic mass is 79.9. The number of benzene rings is 1. The lowest BCUT2D eigenvalue weighted by Crippen LogP contribution is -2.08. The van der Waals surface area contributed by atoms with Gasteiger partial charge in [0.1, 0.15) is 12.4 Å². The van der Waals surface area contributed by atoms with Gasteiger partial charge < -0.3 is 9.84 Å². The van der Waals surface area contributed by atoms with Crippen LogP contribution in [0.4, 0.5) is 0 Å². The molecule has 0 aliphatic carbocycles. The van der Waals surface area contributed by atoms with Crippen LogP contribution >= 0.6 is 27.5 Å². The Bertz CT molecular complexity index is 641. The van der Waals surface area contributed by atoms with Crippen LogP contribution in [0.25, 0.3) is 0 Å². The van der Waals surface area contributed by atoms with Gasteiger partial charge in [0.25, 0.3) is 0 Å². The fraction of sp³-hybridized carbons (Fsp3) is 0.400. The topological polar surface area (TPSA) is 47.3 Å². The van der Waals surface area contributed by atoms with E-state index < -0.39 is 6.10 Å². The zero-order valence-electron chi connectivity index (χ0n) is 12.2. The molecule has 0 spiro atoms. The minimum Gasteiger partial charge on any atom is -0.487 e. The number of hydrogen-bond donors (Lipinski definition) is 1. The van der Waals surface area contributed by atoms with Crippen LogP contribution in [-0.4, -0.2) is 14.9 Å². The lowest BCUT2D eigenvalue weighted by atomic mass is 10.1. The molecule has 0 bridgehead atoms. The number of rotatable bonds is 5. The Morgan fingerprint density at radius 3 is 2.81 bits per heavy atom. The van der Waals surface area contributed by atoms with Crippen molar-refractivity contribution in [1.82, 2.24) is 9.78 Å². The third-order valence-corrected chi connectivity index (χ3v) is 4.51. The lowest BCUT2D eigenvalue weighted by Gasteiger charge is -2.14. The Hall–Kier alpha value is -1.04. The van der Waals surface area contributed by atoms with Crippen molar-refractivity contribution in [2.24, 2.45) is 0 Å². The van der Waals surface area contributed by atoms with Gasteiger partial charge in [-0.1, -0.05) is 11.6 Å². The maximum Gasteiger partial charge on any atom is 0.131 e. The number of halogens is 2. The number of hydrogen-bond acceptors (Lipinski definition) is 3. The standard InChI is InChI=1S/C15H18BrClN2O2/c1-4-19-13(15(16)9(2)18-19)8-21-14-6-5-11(17)7-12(14)10(3)20/h5-7,10,20H,4,8H2,1-3H3. The van der Waals surface area contributed by atoms with Gasteiger partial charge in [-0.05, 0) is 54.9 Å². The molecule has 2 rings (SSSR count).